The SMILES string of the molecule is CCNC(=O)NCc1ccccc1-c1cc(-c2cnc(NC(C)C)s2)nc(NC[C@H](C)N)n1. The van der Waals surface area contributed by atoms with E-state index in [9.17, 15) is 4.79 Å². The molecule has 6 N–H and O–H groups in total. The molecule has 2 amide bonds. The second-order valence-corrected chi connectivity index (χ2v) is 9.05. The van der Waals surface area contributed by atoms with E-state index in [1.165, 1.54) is 0 Å². The first-order valence-electron chi connectivity index (χ1n) is 11.1. The first-order chi connectivity index (χ1) is 15.9. The maximum Gasteiger partial charge on any atom is 0.315 e. The van der Waals surface area contributed by atoms with Crippen molar-refractivity contribution in [3.63, 3.8) is 0 Å². The number of aromatic nitrogens is 3. The molecule has 0 fully saturated rings. The number of hydrogen-bond acceptors (Lipinski definition) is 8. The third kappa shape index (κ3) is 7.13. The Morgan fingerprint density at radius 1 is 1.12 bits per heavy atom. The normalized spacial score (nSPS) is 11.8. The van der Waals surface area contributed by atoms with Gasteiger partial charge in [0.15, 0.2) is 5.13 Å². The average molecular weight is 469 g/mol. The van der Waals surface area contributed by atoms with Gasteiger partial charge in [0.25, 0.3) is 0 Å². The number of nitrogens with one attached hydrogen (secondary N) is 4. The lowest BCUT2D eigenvalue weighted by molar-refractivity contribution is 0.241. The fraction of sp³-hybridized carbons (Fsp3) is 0.391. The molecule has 176 valence electrons. The zero-order valence-electron chi connectivity index (χ0n) is 19.5. The van der Waals surface area contributed by atoms with Crippen LogP contribution in [-0.2, 0) is 6.54 Å². The Morgan fingerprint density at radius 3 is 2.61 bits per heavy atom. The van der Waals surface area contributed by atoms with Gasteiger partial charge < -0.3 is 27.0 Å². The number of nitrogens with two attached hydrogens (primary N) is 1. The zero-order valence-corrected chi connectivity index (χ0v) is 20.3. The quantitative estimate of drug-likeness (QED) is 0.307. The largest absolute Gasteiger partial charge is 0.359 e. The van der Waals surface area contributed by atoms with Crippen LogP contribution >= 0.6 is 11.3 Å². The maximum atomic E-state index is 11.9. The lowest BCUT2D eigenvalue weighted by atomic mass is 10.0. The van der Waals surface area contributed by atoms with Crippen molar-refractivity contribution in [1.29, 1.82) is 0 Å². The van der Waals surface area contributed by atoms with Gasteiger partial charge in [-0.05, 0) is 39.3 Å². The highest BCUT2D eigenvalue weighted by atomic mass is 32.1. The van der Waals surface area contributed by atoms with Crippen LogP contribution in [0.15, 0.2) is 36.5 Å². The lowest BCUT2D eigenvalue weighted by Gasteiger charge is -2.14. The molecule has 3 rings (SSSR count). The number of nitrogens with zero attached hydrogens (tertiary/aromatic N) is 3. The molecule has 9 nitrogen and oxygen atoms in total. The summed E-state index contributed by atoms with van der Waals surface area (Å²) in [5, 5.41) is 13.0. The van der Waals surface area contributed by atoms with Crippen molar-refractivity contribution in [1.82, 2.24) is 25.6 Å². The minimum absolute atomic E-state index is 0.0421. The summed E-state index contributed by atoms with van der Waals surface area (Å²) >= 11 is 1.54. The molecule has 0 saturated heterocycles. The summed E-state index contributed by atoms with van der Waals surface area (Å²) in [6, 6.07) is 9.88. The van der Waals surface area contributed by atoms with Crippen molar-refractivity contribution < 1.29 is 4.79 Å². The van der Waals surface area contributed by atoms with Crippen molar-refractivity contribution in [3.8, 4) is 21.8 Å². The Hall–Kier alpha value is -3.24. The Morgan fingerprint density at radius 2 is 1.88 bits per heavy atom. The van der Waals surface area contributed by atoms with E-state index in [0.29, 0.717) is 25.6 Å². The van der Waals surface area contributed by atoms with E-state index in [0.717, 1.165) is 32.5 Å². The smallest absolute Gasteiger partial charge is 0.315 e. The molecule has 0 aliphatic heterocycles. The molecule has 1 aromatic carbocycles. The van der Waals surface area contributed by atoms with E-state index in [2.05, 4.69) is 40.1 Å². The first kappa shape index (κ1) is 24.4. The van der Waals surface area contributed by atoms with Gasteiger partial charge in [0.1, 0.15) is 0 Å². The van der Waals surface area contributed by atoms with Gasteiger partial charge in [-0.2, -0.15) is 0 Å². The molecule has 0 bridgehead atoms. The Labute approximate surface area is 198 Å². The second-order valence-electron chi connectivity index (χ2n) is 8.02. The minimum Gasteiger partial charge on any atom is -0.359 e. The fourth-order valence-corrected chi connectivity index (χ4v) is 3.99. The summed E-state index contributed by atoms with van der Waals surface area (Å²) in [4.78, 5) is 26.8. The third-order valence-electron chi connectivity index (χ3n) is 4.55. The molecule has 0 radical (unpaired) electrons. The van der Waals surface area contributed by atoms with E-state index in [1.807, 2.05) is 50.4 Å². The third-order valence-corrected chi connectivity index (χ3v) is 5.50. The first-order valence-corrected chi connectivity index (χ1v) is 11.9. The summed E-state index contributed by atoms with van der Waals surface area (Å²) in [7, 11) is 0. The van der Waals surface area contributed by atoms with Crippen LogP contribution in [0.4, 0.5) is 15.9 Å². The van der Waals surface area contributed by atoms with Gasteiger partial charge in [0.05, 0.1) is 16.3 Å². The van der Waals surface area contributed by atoms with Gasteiger partial charge in [0.2, 0.25) is 5.95 Å². The van der Waals surface area contributed by atoms with Crippen LogP contribution in [0.2, 0.25) is 0 Å². The van der Waals surface area contributed by atoms with Gasteiger partial charge in [-0.25, -0.2) is 19.7 Å². The van der Waals surface area contributed by atoms with Crippen LogP contribution in [0.1, 0.15) is 33.3 Å². The van der Waals surface area contributed by atoms with Crippen molar-refractivity contribution in [2.45, 2.75) is 46.3 Å². The molecule has 2 aromatic heterocycles. The molecule has 0 aliphatic rings. The number of anilines is 2. The van der Waals surface area contributed by atoms with Gasteiger partial charge in [-0.1, -0.05) is 35.6 Å². The van der Waals surface area contributed by atoms with E-state index >= 15 is 0 Å². The van der Waals surface area contributed by atoms with Crippen LogP contribution in [0.5, 0.6) is 0 Å². The topological polar surface area (TPSA) is 130 Å². The molecular formula is C23H32N8OS. The Balaban J connectivity index is 1.97. The molecule has 0 aliphatic carbocycles. The molecule has 2 heterocycles. The van der Waals surface area contributed by atoms with Crippen LogP contribution in [-0.4, -0.2) is 46.2 Å². The van der Waals surface area contributed by atoms with Crippen LogP contribution in [0.3, 0.4) is 0 Å². The molecule has 0 spiro atoms. The highest BCUT2D eigenvalue weighted by molar-refractivity contribution is 7.18. The van der Waals surface area contributed by atoms with Gasteiger partial charge in [-0.3, -0.25) is 0 Å². The highest BCUT2D eigenvalue weighted by Crippen LogP contribution is 2.32. The number of carbonyl (C=O) groups is 1. The summed E-state index contributed by atoms with van der Waals surface area (Å²) in [6.07, 6.45) is 1.82. The van der Waals surface area contributed by atoms with Crippen LogP contribution < -0.4 is 27.0 Å². The molecule has 1 atom stereocenters. The van der Waals surface area contributed by atoms with Crippen LogP contribution in [0, 0.1) is 0 Å². The summed E-state index contributed by atoms with van der Waals surface area (Å²) < 4.78 is 0. The van der Waals surface area contributed by atoms with E-state index in [4.69, 9.17) is 15.7 Å². The number of hydrogen-bond donors (Lipinski definition) is 5. The molecule has 0 unspecified atom stereocenters. The van der Waals surface area contributed by atoms with Gasteiger partial charge in [-0.15, -0.1) is 0 Å². The number of rotatable bonds is 10. The standard InChI is InChI=1S/C23H32N8OS/c1-5-25-22(32)27-12-16-8-6-7-9-17(16)18-10-19(31-21(30-18)26-11-15(4)24)20-13-28-23(33-20)29-14(2)3/h6-10,13-15H,5,11-12,24H2,1-4H3,(H,28,29)(H2,25,27,32)(H,26,30,31)/t15-/m0/s1. The van der Waals surface area contributed by atoms with Crippen molar-refractivity contribution in [3.05, 3.63) is 42.1 Å². The van der Waals surface area contributed by atoms with Gasteiger partial charge >= 0.3 is 6.03 Å². The van der Waals surface area contributed by atoms with E-state index in [-0.39, 0.29) is 18.1 Å². The number of benzene rings is 1. The van der Waals surface area contributed by atoms with Gasteiger partial charge in [0, 0.05) is 43.5 Å². The number of urea groups is 1. The number of amides is 2. The predicted molar refractivity (Wildman–Crippen MR) is 135 cm³/mol. The summed E-state index contributed by atoms with van der Waals surface area (Å²) in [6.45, 7) is 9.46. The Bertz CT molecular complexity index is 1070. The van der Waals surface area contributed by atoms with Crippen molar-refractivity contribution in [2.24, 2.45) is 5.73 Å². The zero-order chi connectivity index (χ0) is 23.8. The predicted octanol–water partition coefficient (Wildman–Crippen LogP) is 3.67. The lowest BCUT2D eigenvalue weighted by Crippen LogP contribution is -2.34. The maximum absolute atomic E-state index is 11.9. The number of carbonyl (C=O) groups excluding carboxylic acids is 1. The van der Waals surface area contributed by atoms with Crippen LogP contribution in [0.25, 0.3) is 21.8 Å². The highest BCUT2D eigenvalue weighted by Gasteiger charge is 2.14. The summed E-state index contributed by atoms with van der Waals surface area (Å²) in [5.41, 5.74) is 9.33. The van der Waals surface area contributed by atoms with Crippen molar-refractivity contribution in [2.75, 3.05) is 23.7 Å². The van der Waals surface area contributed by atoms with E-state index < -0.39 is 0 Å². The average Bonchev–Trinajstić information content (AvgIpc) is 3.24. The van der Waals surface area contributed by atoms with E-state index in [1.54, 1.807) is 11.3 Å². The Kier molecular flexibility index (Phi) is 8.56. The number of thiazole rings is 1. The molecule has 33 heavy (non-hydrogen) atoms. The minimum atomic E-state index is -0.204. The fourth-order valence-electron chi connectivity index (χ4n) is 3.07. The summed E-state index contributed by atoms with van der Waals surface area (Å²) in [5.74, 6) is 0.498. The van der Waals surface area contributed by atoms with Crippen molar-refractivity contribution >= 4 is 28.4 Å². The molecule has 3 aromatic rings. The molecular weight excluding hydrogens is 436 g/mol. The second kappa shape index (κ2) is 11.6. The monoisotopic (exact) mass is 468 g/mol. The molecule has 0 saturated carbocycles. The molecule has 10 heteroatoms.